The Bertz CT molecular complexity index is 376. The van der Waals surface area contributed by atoms with Crippen molar-refractivity contribution in [2.75, 3.05) is 0 Å². The van der Waals surface area contributed by atoms with Crippen molar-refractivity contribution in [3.8, 4) is 0 Å². The van der Waals surface area contributed by atoms with E-state index >= 15 is 0 Å². The van der Waals surface area contributed by atoms with Crippen LogP contribution in [0.15, 0.2) is 29.2 Å². The highest BCUT2D eigenvalue weighted by molar-refractivity contribution is 7.98. The van der Waals surface area contributed by atoms with Gasteiger partial charge in [-0.05, 0) is 23.6 Å². The molecule has 1 aromatic carbocycles. The zero-order valence-corrected chi connectivity index (χ0v) is 7.56. The summed E-state index contributed by atoms with van der Waals surface area (Å²) in [6, 6.07) is 7.50. The Morgan fingerprint density at radius 2 is 2.00 bits per heavy atom. The molecular weight excluding hydrogens is 186 g/mol. The van der Waals surface area contributed by atoms with Crippen molar-refractivity contribution in [2.45, 2.75) is 11.3 Å². The fourth-order valence-electron chi connectivity index (χ4n) is 1.16. The Balaban J connectivity index is 2.40. The van der Waals surface area contributed by atoms with Gasteiger partial charge in [-0.2, -0.15) is 0 Å². The fourth-order valence-corrected chi connectivity index (χ4v) is 1.90. The second-order valence-corrected chi connectivity index (χ2v) is 3.59. The molecule has 66 valence electrons. The van der Waals surface area contributed by atoms with Gasteiger partial charge in [0.05, 0.1) is 0 Å². The molecule has 1 aromatic rings. The fraction of sp³-hybridized carbons (Fsp3) is 0.111. The quantitative estimate of drug-likeness (QED) is 0.492. The van der Waals surface area contributed by atoms with Gasteiger partial charge < -0.3 is 0 Å². The van der Waals surface area contributed by atoms with Crippen molar-refractivity contribution >= 4 is 23.6 Å². The van der Waals surface area contributed by atoms with E-state index < -0.39 is 5.91 Å². The molecule has 0 bridgehead atoms. The third-order valence-corrected chi connectivity index (χ3v) is 2.74. The van der Waals surface area contributed by atoms with Gasteiger partial charge in [-0.3, -0.25) is 14.3 Å². The molecule has 0 fully saturated rings. The normalized spacial score (nSPS) is 16.0. The van der Waals surface area contributed by atoms with Crippen LogP contribution in [-0.2, 0) is 16.0 Å². The minimum Gasteiger partial charge on any atom is -0.289 e. The second-order valence-electron chi connectivity index (χ2n) is 2.74. The number of ketones is 1. The third-order valence-electron chi connectivity index (χ3n) is 1.83. The maximum absolute atomic E-state index is 11.2. The van der Waals surface area contributed by atoms with Gasteiger partial charge >= 0.3 is 0 Å². The number of fused-ring (bicyclic) bond motifs is 1. The van der Waals surface area contributed by atoms with E-state index in [0.29, 0.717) is 0 Å². The molecule has 0 radical (unpaired) electrons. The van der Waals surface area contributed by atoms with Crippen LogP contribution in [0, 0.1) is 0 Å². The monoisotopic (exact) mass is 193 g/mol. The molecule has 0 atom stereocenters. The molecule has 1 aliphatic rings. The summed E-state index contributed by atoms with van der Waals surface area (Å²) in [6.45, 7) is 0. The molecule has 0 unspecified atom stereocenters. The predicted octanol–water partition coefficient (Wildman–Crippen LogP) is 0.935. The molecule has 0 spiro atoms. The standard InChI is InChI=1S/C9H7NO2S/c11-7-5-6-3-1-2-4-8(6)13-10-9(7)12/h1-4H,5H2,(H,10,12). The van der Waals surface area contributed by atoms with E-state index in [0.717, 1.165) is 10.5 Å². The highest BCUT2D eigenvalue weighted by Gasteiger charge is 2.20. The minimum absolute atomic E-state index is 0.203. The largest absolute Gasteiger partial charge is 0.297 e. The van der Waals surface area contributed by atoms with Crippen LogP contribution in [-0.4, -0.2) is 11.7 Å². The molecule has 1 N–H and O–H groups in total. The molecule has 4 heteroatoms. The first-order chi connectivity index (χ1) is 6.27. The van der Waals surface area contributed by atoms with Gasteiger partial charge in [-0.15, -0.1) is 0 Å². The Hall–Kier alpha value is -1.29. The Morgan fingerprint density at radius 1 is 1.23 bits per heavy atom. The van der Waals surface area contributed by atoms with Gasteiger partial charge in [0.15, 0.2) is 0 Å². The van der Waals surface area contributed by atoms with Crippen LogP contribution < -0.4 is 4.72 Å². The predicted molar refractivity (Wildman–Crippen MR) is 49.2 cm³/mol. The van der Waals surface area contributed by atoms with Crippen LogP contribution >= 0.6 is 11.9 Å². The molecule has 3 nitrogen and oxygen atoms in total. The summed E-state index contributed by atoms with van der Waals surface area (Å²) in [5.74, 6) is -0.890. The third kappa shape index (κ3) is 1.58. The van der Waals surface area contributed by atoms with Crippen molar-refractivity contribution < 1.29 is 9.59 Å². The van der Waals surface area contributed by atoms with Crippen molar-refractivity contribution in [3.05, 3.63) is 29.8 Å². The molecule has 1 heterocycles. The van der Waals surface area contributed by atoms with Crippen molar-refractivity contribution in [3.63, 3.8) is 0 Å². The molecule has 2 rings (SSSR count). The first-order valence-electron chi connectivity index (χ1n) is 3.85. The lowest BCUT2D eigenvalue weighted by Gasteiger charge is -2.00. The number of nitrogens with one attached hydrogen (secondary N) is 1. The van der Waals surface area contributed by atoms with E-state index in [4.69, 9.17) is 0 Å². The molecule has 0 saturated heterocycles. The van der Waals surface area contributed by atoms with Crippen LogP contribution in [0.25, 0.3) is 0 Å². The second kappa shape index (κ2) is 3.22. The average Bonchev–Trinajstić information content (AvgIpc) is 2.28. The van der Waals surface area contributed by atoms with Crippen LogP contribution in [0.3, 0.4) is 0 Å². The highest BCUT2D eigenvalue weighted by Crippen LogP contribution is 2.22. The maximum atomic E-state index is 11.2. The van der Waals surface area contributed by atoms with Crippen LogP contribution in [0.5, 0.6) is 0 Å². The van der Waals surface area contributed by atoms with E-state index in [1.54, 1.807) is 0 Å². The van der Waals surface area contributed by atoms with Crippen molar-refractivity contribution in [1.29, 1.82) is 0 Å². The Morgan fingerprint density at radius 3 is 2.85 bits per heavy atom. The van der Waals surface area contributed by atoms with Gasteiger partial charge in [0.1, 0.15) is 0 Å². The molecular formula is C9H7NO2S. The van der Waals surface area contributed by atoms with Gasteiger partial charge in [0.2, 0.25) is 5.78 Å². The Kier molecular flexibility index (Phi) is 2.06. The van der Waals surface area contributed by atoms with Gasteiger partial charge in [-0.25, -0.2) is 0 Å². The van der Waals surface area contributed by atoms with Crippen molar-refractivity contribution in [1.82, 2.24) is 4.72 Å². The average molecular weight is 193 g/mol. The van der Waals surface area contributed by atoms with Gasteiger partial charge in [0.25, 0.3) is 5.91 Å². The summed E-state index contributed by atoms with van der Waals surface area (Å²) in [4.78, 5) is 23.1. The zero-order chi connectivity index (χ0) is 9.26. The lowest BCUT2D eigenvalue weighted by molar-refractivity contribution is -0.136. The summed E-state index contributed by atoms with van der Waals surface area (Å²) in [6.07, 6.45) is 0.203. The molecule has 13 heavy (non-hydrogen) atoms. The number of Topliss-reactive ketones (excluding diaryl/α,β-unsaturated/α-hetero) is 1. The summed E-state index contributed by atoms with van der Waals surface area (Å²) in [5, 5.41) is 0. The van der Waals surface area contributed by atoms with Gasteiger partial charge in [0, 0.05) is 11.3 Å². The van der Waals surface area contributed by atoms with E-state index in [2.05, 4.69) is 4.72 Å². The maximum Gasteiger partial charge on any atom is 0.297 e. The number of carbonyl (C=O) groups is 2. The first kappa shape index (κ1) is 8.31. The molecule has 1 amide bonds. The molecule has 0 saturated carbocycles. The number of rotatable bonds is 0. The summed E-state index contributed by atoms with van der Waals surface area (Å²) < 4.78 is 2.48. The number of carbonyl (C=O) groups excluding carboxylic acids is 2. The van der Waals surface area contributed by atoms with Crippen LogP contribution in [0.4, 0.5) is 0 Å². The summed E-state index contributed by atoms with van der Waals surface area (Å²) in [7, 11) is 0. The van der Waals surface area contributed by atoms with Crippen LogP contribution in [0.1, 0.15) is 5.56 Å². The van der Waals surface area contributed by atoms with E-state index in [-0.39, 0.29) is 12.2 Å². The van der Waals surface area contributed by atoms with Crippen molar-refractivity contribution in [2.24, 2.45) is 0 Å². The van der Waals surface area contributed by atoms with Gasteiger partial charge in [-0.1, -0.05) is 18.2 Å². The van der Waals surface area contributed by atoms with E-state index in [1.807, 2.05) is 24.3 Å². The zero-order valence-electron chi connectivity index (χ0n) is 6.74. The SMILES string of the molecule is O=C1Cc2ccccc2SNC1=O. The number of benzene rings is 1. The summed E-state index contributed by atoms with van der Waals surface area (Å²) >= 11 is 1.20. The molecule has 1 aliphatic heterocycles. The Labute approximate surface area is 79.7 Å². The summed E-state index contributed by atoms with van der Waals surface area (Å²) in [5.41, 5.74) is 0.913. The first-order valence-corrected chi connectivity index (χ1v) is 4.67. The van der Waals surface area contributed by atoms with E-state index in [1.165, 1.54) is 11.9 Å². The molecule has 0 aliphatic carbocycles. The smallest absolute Gasteiger partial charge is 0.289 e. The topological polar surface area (TPSA) is 46.2 Å². The minimum atomic E-state index is -0.513. The van der Waals surface area contributed by atoms with E-state index in [9.17, 15) is 9.59 Å². The number of amides is 1. The lowest BCUT2D eigenvalue weighted by atomic mass is 10.1. The highest BCUT2D eigenvalue weighted by atomic mass is 32.2. The number of hydrogen-bond acceptors (Lipinski definition) is 3. The number of hydrogen-bond donors (Lipinski definition) is 1. The molecule has 0 aromatic heterocycles. The van der Waals surface area contributed by atoms with Crippen LogP contribution in [0.2, 0.25) is 0 Å². The lowest BCUT2D eigenvalue weighted by Crippen LogP contribution is -2.24.